The first kappa shape index (κ1) is 48.3. The van der Waals surface area contributed by atoms with Gasteiger partial charge in [-0.3, -0.25) is 4.89 Å². The van der Waals surface area contributed by atoms with Gasteiger partial charge in [-0.15, -0.1) is 0 Å². The summed E-state index contributed by atoms with van der Waals surface area (Å²) in [5.41, 5.74) is 15.3. The van der Waals surface area contributed by atoms with Crippen molar-refractivity contribution >= 4 is 29.4 Å². The molecule has 0 aromatic heterocycles. The predicted molar refractivity (Wildman–Crippen MR) is 304 cm³/mol. The Hall–Kier alpha value is -4.37. The molecule has 0 unspecified atom stereocenters. The molecule has 6 aliphatic carbocycles. The summed E-state index contributed by atoms with van der Waals surface area (Å²) in [5.74, 6) is 3.98. The van der Waals surface area contributed by atoms with Crippen LogP contribution in [0.3, 0.4) is 0 Å². The normalized spacial score (nSPS) is 22.1. The third-order valence-electron chi connectivity index (χ3n) is 20.0. The second-order valence-corrected chi connectivity index (χ2v) is 25.8. The Balaban J connectivity index is 1.13. The van der Waals surface area contributed by atoms with Crippen molar-refractivity contribution < 1.29 is 18.5 Å². The smallest absolute Gasteiger partial charge is 0.394 e. The SMILES string of the molecule is O=P1(O)Oc2c(-c3c(C4CCCCC4)cc(C4CCCCC4)cc3C3CCCCC3)cc3ccccc3c2-c2c(c(-c3c(C4CCCCC4)cc(C4CCCCC4)cc3C3CCCCC3)cc3ccccc23)O1. The molecule has 6 aromatic rings. The molecule has 4 nitrogen and oxygen atoms in total. The minimum Gasteiger partial charge on any atom is -0.394 e. The molecule has 5 heteroatoms. The van der Waals surface area contributed by atoms with Crippen LogP contribution in [0.25, 0.3) is 54.9 Å². The van der Waals surface area contributed by atoms with Gasteiger partial charge in [-0.1, -0.05) is 188 Å². The van der Waals surface area contributed by atoms with E-state index in [0.717, 1.165) is 43.8 Å². The van der Waals surface area contributed by atoms with Crippen LogP contribution in [0.4, 0.5) is 0 Å². The highest BCUT2D eigenvalue weighted by molar-refractivity contribution is 7.48. The first-order valence-corrected chi connectivity index (χ1v) is 31.7. The summed E-state index contributed by atoms with van der Waals surface area (Å²) in [6.45, 7) is 0. The van der Waals surface area contributed by atoms with Crippen molar-refractivity contribution in [2.75, 3.05) is 0 Å². The Morgan fingerprint density at radius 3 is 0.918 bits per heavy atom. The molecule has 382 valence electrons. The maximum Gasteiger partial charge on any atom is 0.584 e. The molecule has 0 bridgehead atoms. The van der Waals surface area contributed by atoms with Crippen molar-refractivity contribution in [3.8, 4) is 44.9 Å². The fourth-order valence-electron chi connectivity index (χ4n) is 16.3. The van der Waals surface area contributed by atoms with E-state index < -0.39 is 7.82 Å². The minimum absolute atomic E-state index is 0.437. The number of hydrogen-bond donors (Lipinski definition) is 1. The van der Waals surface area contributed by atoms with Crippen LogP contribution >= 0.6 is 7.82 Å². The van der Waals surface area contributed by atoms with Gasteiger partial charge < -0.3 is 9.05 Å². The lowest BCUT2D eigenvalue weighted by Crippen LogP contribution is -2.14. The van der Waals surface area contributed by atoms with Crippen molar-refractivity contribution in [3.05, 3.63) is 118 Å². The van der Waals surface area contributed by atoms with Crippen LogP contribution in [0.2, 0.25) is 0 Å². The third-order valence-corrected chi connectivity index (χ3v) is 20.8. The molecule has 0 atom stereocenters. The molecule has 1 aliphatic heterocycles. The van der Waals surface area contributed by atoms with Gasteiger partial charge in [0.1, 0.15) is 11.5 Å². The van der Waals surface area contributed by atoms with Crippen LogP contribution in [0.5, 0.6) is 11.5 Å². The van der Waals surface area contributed by atoms with Gasteiger partial charge in [-0.05, 0) is 191 Å². The summed E-state index contributed by atoms with van der Waals surface area (Å²) < 4.78 is 29.5. The molecule has 6 fully saturated rings. The Morgan fingerprint density at radius 1 is 0.342 bits per heavy atom. The van der Waals surface area contributed by atoms with Gasteiger partial charge in [0, 0.05) is 22.3 Å². The Bertz CT molecular complexity index is 2740. The molecule has 13 rings (SSSR count). The highest BCUT2D eigenvalue weighted by Gasteiger charge is 2.41. The summed E-state index contributed by atoms with van der Waals surface area (Å²) >= 11 is 0. The third kappa shape index (κ3) is 9.44. The lowest BCUT2D eigenvalue weighted by atomic mass is 9.71. The second-order valence-electron chi connectivity index (χ2n) is 24.5. The van der Waals surface area contributed by atoms with Gasteiger partial charge in [0.05, 0.1) is 0 Å². The van der Waals surface area contributed by atoms with Crippen molar-refractivity contribution in [3.63, 3.8) is 0 Å². The Labute approximate surface area is 437 Å². The summed E-state index contributed by atoms with van der Waals surface area (Å²) in [6.07, 6.45) is 37.7. The topological polar surface area (TPSA) is 55.8 Å². The number of hydrogen-bond acceptors (Lipinski definition) is 3. The van der Waals surface area contributed by atoms with Gasteiger partial charge in [0.25, 0.3) is 0 Å². The molecule has 0 spiro atoms. The predicted octanol–water partition coefficient (Wildman–Crippen LogP) is 21.2. The Morgan fingerprint density at radius 2 is 0.616 bits per heavy atom. The first-order valence-electron chi connectivity index (χ1n) is 30.2. The van der Waals surface area contributed by atoms with Gasteiger partial charge in [0.2, 0.25) is 0 Å². The van der Waals surface area contributed by atoms with Gasteiger partial charge in [-0.2, -0.15) is 0 Å². The molecule has 0 amide bonds. The standard InChI is InChI=1S/C68H81O4P/c69-73(70)71-67-61(63-57(47-27-11-3-12-28-47)41-53(45-23-7-1-8-24-45)42-58(63)48-29-13-4-14-30-48)39-51-35-19-21-37-55(51)65(67)66-56-38-22-20-36-52(56)40-62(68(66)72-73)64-59(49-31-15-5-16-32-49)43-54(46-25-9-2-10-26-46)44-60(64)50-33-17-6-18-34-50/h19-22,35-50H,1-18,23-34H2,(H,69,70). The van der Waals surface area contributed by atoms with E-state index in [1.165, 1.54) is 226 Å². The number of phosphoric ester groups is 1. The number of benzene rings is 6. The molecule has 7 aliphatic rings. The first-order chi connectivity index (χ1) is 36.0. The molecule has 1 heterocycles. The van der Waals surface area contributed by atoms with Gasteiger partial charge >= 0.3 is 7.82 Å². The quantitative estimate of drug-likeness (QED) is 0.154. The van der Waals surface area contributed by atoms with E-state index in [1.807, 2.05) is 0 Å². The summed E-state index contributed by atoms with van der Waals surface area (Å²) in [4.78, 5) is 12.7. The summed E-state index contributed by atoms with van der Waals surface area (Å²) in [6, 6.07) is 33.0. The molecule has 6 aromatic carbocycles. The number of rotatable bonds is 8. The number of phosphoric acid groups is 1. The van der Waals surface area contributed by atoms with Gasteiger partial charge in [0.15, 0.2) is 0 Å². The zero-order valence-corrected chi connectivity index (χ0v) is 44.8. The zero-order chi connectivity index (χ0) is 48.9. The highest BCUT2D eigenvalue weighted by Crippen LogP contribution is 2.64. The fraction of sp³-hybridized carbons (Fsp3) is 0.529. The van der Waals surface area contributed by atoms with E-state index in [9.17, 15) is 4.89 Å². The van der Waals surface area contributed by atoms with E-state index in [0.29, 0.717) is 47.0 Å². The van der Waals surface area contributed by atoms with Crippen molar-refractivity contribution in [2.45, 2.75) is 228 Å². The van der Waals surface area contributed by atoms with Gasteiger partial charge in [-0.25, -0.2) is 4.57 Å². The average molecular weight is 993 g/mol. The molecule has 1 N–H and O–H groups in total. The Kier molecular flexibility index (Phi) is 13.9. The molecule has 0 radical (unpaired) electrons. The minimum atomic E-state index is -4.80. The van der Waals surface area contributed by atoms with Crippen molar-refractivity contribution in [1.82, 2.24) is 0 Å². The van der Waals surface area contributed by atoms with Crippen LogP contribution in [0.15, 0.2) is 84.9 Å². The maximum atomic E-state index is 15.6. The fourth-order valence-corrected chi connectivity index (χ4v) is 17.2. The monoisotopic (exact) mass is 993 g/mol. The largest absolute Gasteiger partial charge is 0.584 e. The number of fused-ring (bicyclic) bond motifs is 7. The lowest BCUT2D eigenvalue weighted by molar-refractivity contribution is 0.295. The van der Waals surface area contributed by atoms with Crippen LogP contribution in [-0.4, -0.2) is 4.89 Å². The maximum absolute atomic E-state index is 15.6. The highest BCUT2D eigenvalue weighted by atomic mass is 31.2. The van der Waals surface area contributed by atoms with E-state index in [1.54, 1.807) is 11.1 Å². The van der Waals surface area contributed by atoms with Crippen LogP contribution in [-0.2, 0) is 4.57 Å². The van der Waals surface area contributed by atoms with Crippen LogP contribution < -0.4 is 9.05 Å². The van der Waals surface area contributed by atoms with Crippen molar-refractivity contribution in [2.24, 2.45) is 0 Å². The molecule has 0 saturated heterocycles. The average Bonchev–Trinajstić information content (AvgIpc) is 3.59. The van der Waals surface area contributed by atoms with E-state index in [2.05, 4.69) is 84.9 Å². The summed E-state index contributed by atoms with van der Waals surface area (Å²) in [5, 5.41) is 4.36. The molecular formula is C68H81O4P. The van der Waals surface area contributed by atoms with Crippen LogP contribution in [0, 0.1) is 0 Å². The molecule has 73 heavy (non-hydrogen) atoms. The molecule has 6 saturated carbocycles. The van der Waals surface area contributed by atoms with E-state index in [4.69, 9.17) is 9.05 Å². The van der Waals surface area contributed by atoms with E-state index >= 15 is 4.57 Å². The van der Waals surface area contributed by atoms with E-state index in [-0.39, 0.29) is 0 Å². The van der Waals surface area contributed by atoms with Crippen LogP contribution in [0.1, 0.15) is 262 Å². The lowest BCUT2D eigenvalue weighted by Gasteiger charge is -2.33. The molecular weight excluding hydrogens is 912 g/mol. The summed E-state index contributed by atoms with van der Waals surface area (Å²) in [7, 11) is -4.80. The van der Waals surface area contributed by atoms with Crippen molar-refractivity contribution in [1.29, 1.82) is 0 Å². The zero-order valence-electron chi connectivity index (χ0n) is 43.9. The second kappa shape index (κ2) is 21.0.